The van der Waals surface area contributed by atoms with Crippen LogP contribution in [0, 0.1) is 11.8 Å². The number of hydrogen-bond donors (Lipinski definition) is 1. The maximum Gasteiger partial charge on any atom is 0.264 e. The van der Waals surface area contributed by atoms with E-state index in [1.807, 2.05) is 6.07 Å². The van der Waals surface area contributed by atoms with Gasteiger partial charge in [-0.3, -0.25) is 4.79 Å². The van der Waals surface area contributed by atoms with Crippen LogP contribution in [0.5, 0.6) is 0 Å². The quantitative estimate of drug-likeness (QED) is 0.141. The molecule has 1 heterocycles. The lowest BCUT2D eigenvalue weighted by Gasteiger charge is -2.38. The van der Waals surface area contributed by atoms with Crippen LogP contribution in [-0.2, 0) is 5.41 Å². The van der Waals surface area contributed by atoms with E-state index in [0.717, 1.165) is 37.3 Å². The van der Waals surface area contributed by atoms with Crippen molar-refractivity contribution in [2.24, 2.45) is 11.8 Å². The van der Waals surface area contributed by atoms with E-state index in [0.29, 0.717) is 12.3 Å². The van der Waals surface area contributed by atoms with E-state index >= 15 is 0 Å². The average molecular weight is 536 g/mol. The van der Waals surface area contributed by atoms with Gasteiger partial charge in [-0.05, 0) is 50.0 Å². The maximum absolute atomic E-state index is 11.7. The number of halogens is 3. The normalized spacial score (nSPS) is 14.1. The third kappa shape index (κ3) is 12.6. The smallest absolute Gasteiger partial charge is 0.264 e. The lowest BCUT2D eigenvalue weighted by Crippen LogP contribution is -2.35. The Labute approximate surface area is 224 Å². The molecule has 0 saturated carbocycles. The Hall–Kier alpha value is -0.250. The van der Waals surface area contributed by atoms with Crippen LogP contribution in [0.2, 0.25) is 0 Å². The van der Waals surface area contributed by atoms with Crippen LogP contribution in [0.3, 0.4) is 0 Å². The standard InChI is InChI=1S/C28H49Cl3N2O/c1-5-15-24(16-6-2)19-22-27(23(3)4,25-17-18-26(34)33-32-25)20-13-11-9-7-8-10-12-14-21-28(29,30)31/h17-18,23-24H,5-16,19-22H2,1-4H3,(H,33,34). The molecule has 1 atom stereocenters. The van der Waals surface area contributed by atoms with E-state index < -0.39 is 3.79 Å². The minimum absolute atomic E-state index is 0.0289. The van der Waals surface area contributed by atoms with Gasteiger partial charge in [0.25, 0.3) is 5.56 Å². The number of rotatable bonds is 19. The van der Waals surface area contributed by atoms with E-state index in [1.54, 1.807) is 6.07 Å². The second-order valence-electron chi connectivity index (χ2n) is 10.5. The van der Waals surface area contributed by atoms with Gasteiger partial charge >= 0.3 is 0 Å². The Bertz CT molecular complexity index is 675. The van der Waals surface area contributed by atoms with E-state index in [2.05, 4.69) is 37.9 Å². The van der Waals surface area contributed by atoms with Crippen LogP contribution in [0.15, 0.2) is 16.9 Å². The molecule has 198 valence electrons. The summed E-state index contributed by atoms with van der Waals surface area (Å²) in [6, 6.07) is 3.63. The van der Waals surface area contributed by atoms with E-state index in [1.165, 1.54) is 70.6 Å². The Balaban J connectivity index is 2.64. The van der Waals surface area contributed by atoms with E-state index in [-0.39, 0.29) is 11.0 Å². The Kier molecular flexibility index (Phi) is 16.1. The molecule has 0 spiro atoms. The van der Waals surface area contributed by atoms with Gasteiger partial charge in [0.15, 0.2) is 3.79 Å². The largest absolute Gasteiger partial charge is 0.268 e. The van der Waals surface area contributed by atoms with Gasteiger partial charge in [0.1, 0.15) is 0 Å². The zero-order valence-corrected chi connectivity index (χ0v) is 24.4. The van der Waals surface area contributed by atoms with Crippen LogP contribution >= 0.6 is 34.8 Å². The summed E-state index contributed by atoms with van der Waals surface area (Å²) in [5.41, 5.74) is 0.981. The maximum atomic E-state index is 11.7. The molecule has 1 aromatic rings. The van der Waals surface area contributed by atoms with Gasteiger partial charge in [-0.25, -0.2) is 5.10 Å². The summed E-state index contributed by atoms with van der Waals surface area (Å²) >= 11 is 17.5. The lowest BCUT2D eigenvalue weighted by molar-refractivity contribution is 0.218. The number of aromatic nitrogens is 2. The summed E-state index contributed by atoms with van der Waals surface area (Å²) in [6.07, 6.45) is 18.9. The van der Waals surface area contributed by atoms with E-state index in [4.69, 9.17) is 34.8 Å². The van der Waals surface area contributed by atoms with Crippen molar-refractivity contribution < 1.29 is 0 Å². The minimum atomic E-state index is -1.10. The fourth-order valence-electron chi connectivity index (χ4n) is 5.41. The molecule has 1 rings (SSSR count). The number of nitrogens with zero attached hydrogens (tertiary/aromatic N) is 1. The number of alkyl halides is 3. The highest BCUT2D eigenvalue weighted by Crippen LogP contribution is 2.42. The average Bonchev–Trinajstić information content (AvgIpc) is 2.77. The second-order valence-corrected chi connectivity index (χ2v) is 13.1. The fraction of sp³-hybridized carbons (Fsp3) is 0.857. The van der Waals surface area contributed by atoms with Crippen LogP contribution in [0.4, 0.5) is 0 Å². The van der Waals surface area contributed by atoms with Crippen LogP contribution in [0.25, 0.3) is 0 Å². The molecule has 0 radical (unpaired) electrons. The first-order valence-electron chi connectivity index (χ1n) is 13.8. The molecule has 0 amide bonds. The second kappa shape index (κ2) is 17.2. The SMILES string of the molecule is CCCC(CCC)CCC(CCCCCCCCCCC(Cl)(Cl)Cl)(c1ccc(=O)[nH]n1)C(C)C. The number of unbranched alkanes of at least 4 members (excludes halogenated alkanes) is 7. The van der Waals surface area contributed by atoms with Gasteiger partial charge in [0.05, 0.1) is 5.69 Å². The van der Waals surface area contributed by atoms with Gasteiger partial charge in [0, 0.05) is 11.5 Å². The number of nitrogens with one attached hydrogen (secondary N) is 1. The molecule has 0 fully saturated rings. The van der Waals surface area contributed by atoms with Crippen LogP contribution in [0.1, 0.15) is 136 Å². The third-order valence-electron chi connectivity index (χ3n) is 7.52. The van der Waals surface area contributed by atoms with Crippen molar-refractivity contribution in [2.45, 2.75) is 140 Å². The molecule has 0 saturated heterocycles. The molecule has 3 nitrogen and oxygen atoms in total. The first-order valence-corrected chi connectivity index (χ1v) is 14.9. The van der Waals surface area contributed by atoms with Crippen molar-refractivity contribution >= 4 is 34.8 Å². The van der Waals surface area contributed by atoms with E-state index in [9.17, 15) is 4.79 Å². The zero-order chi connectivity index (χ0) is 25.5. The predicted molar refractivity (Wildman–Crippen MR) is 150 cm³/mol. The first kappa shape index (κ1) is 31.8. The summed E-state index contributed by atoms with van der Waals surface area (Å²) in [5.74, 6) is 1.27. The molecule has 1 aromatic heterocycles. The Morgan fingerprint density at radius 2 is 1.32 bits per heavy atom. The Morgan fingerprint density at radius 1 is 0.794 bits per heavy atom. The van der Waals surface area contributed by atoms with Gasteiger partial charge in [-0.2, -0.15) is 5.10 Å². The summed E-state index contributed by atoms with van der Waals surface area (Å²) in [7, 11) is 0. The molecular weight excluding hydrogens is 487 g/mol. The molecule has 0 aromatic carbocycles. The van der Waals surface area contributed by atoms with Crippen molar-refractivity contribution in [1.29, 1.82) is 0 Å². The van der Waals surface area contributed by atoms with Gasteiger partial charge in [-0.15, -0.1) is 0 Å². The molecule has 1 N–H and O–H groups in total. The van der Waals surface area contributed by atoms with Crippen molar-refractivity contribution in [3.05, 3.63) is 28.2 Å². The molecule has 0 aliphatic heterocycles. The fourth-order valence-corrected chi connectivity index (χ4v) is 5.81. The number of H-pyrrole nitrogens is 1. The highest BCUT2D eigenvalue weighted by molar-refractivity contribution is 6.67. The van der Waals surface area contributed by atoms with Gasteiger partial charge < -0.3 is 0 Å². The molecule has 6 heteroatoms. The van der Waals surface area contributed by atoms with Crippen LogP contribution in [-0.4, -0.2) is 14.0 Å². The number of aromatic amines is 1. The highest BCUT2D eigenvalue weighted by atomic mass is 35.6. The van der Waals surface area contributed by atoms with Crippen molar-refractivity contribution in [3.8, 4) is 0 Å². The minimum Gasteiger partial charge on any atom is -0.268 e. The lowest BCUT2D eigenvalue weighted by atomic mass is 9.66. The molecular formula is C28H49Cl3N2O. The molecule has 0 aliphatic rings. The Morgan fingerprint density at radius 3 is 1.76 bits per heavy atom. The number of hydrogen-bond acceptors (Lipinski definition) is 2. The summed E-state index contributed by atoms with van der Waals surface area (Å²) in [6.45, 7) is 9.25. The van der Waals surface area contributed by atoms with Gasteiger partial charge in [0.2, 0.25) is 0 Å². The molecule has 34 heavy (non-hydrogen) atoms. The molecule has 0 aliphatic carbocycles. The topological polar surface area (TPSA) is 45.8 Å². The highest BCUT2D eigenvalue weighted by Gasteiger charge is 2.37. The van der Waals surface area contributed by atoms with Crippen LogP contribution < -0.4 is 5.56 Å². The summed E-state index contributed by atoms with van der Waals surface area (Å²) in [4.78, 5) is 11.7. The van der Waals surface area contributed by atoms with Crippen molar-refractivity contribution in [3.63, 3.8) is 0 Å². The van der Waals surface area contributed by atoms with Gasteiger partial charge in [-0.1, -0.05) is 133 Å². The molecule has 0 bridgehead atoms. The first-order chi connectivity index (χ1) is 16.1. The monoisotopic (exact) mass is 534 g/mol. The summed E-state index contributed by atoms with van der Waals surface area (Å²) < 4.78 is -1.10. The molecule has 1 unspecified atom stereocenters. The third-order valence-corrected chi connectivity index (χ3v) is 8.09. The zero-order valence-electron chi connectivity index (χ0n) is 22.1. The predicted octanol–water partition coefficient (Wildman–Crippen LogP) is 9.93. The van der Waals surface area contributed by atoms with Crippen molar-refractivity contribution in [2.75, 3.05) is 0 Å². The summed E-state index contributed by atoms with van der Waals surface area (Å²) in [5, 5.41) is 7.26. The van der Waals surface area contributed by atoms with Crippen molar-refractivity contribution in [1.82, 2.24) is 10.2 Å².